The van der Waals surface area contributed by atoms with Crippen molar-refractivity contribution in [2.24, 2.45) is 11.8 Å². The fourth-order valence-corrected chi connectivity index (χ4v) is 9.77. The number of hydrogen-bond acceptors (Lipinski definition) is 6. The molecule has 0 aromatic heterocycles. The van der Waals surface area contributed by atoms with Crippen LogP contribution in [0.25, 0.3) is 0 Å². The lowest BCUT2D eigenvalue weighted by molar-refractivity contribution is -0.133. The van der Waals surface area contributed by atoms with Gasteiger partial charge in [-0.15, -0.1) is 0 Å². The highest BCUT2D eigenvalue weighted by Crippen LogP contribution is 2.42. The molecular formula is C52H69N5O6. The van der Waals surface area contributed by atoms with Crippen LogP contribution in [0.15, 0.2) is 84.9 Å². The van der Waals surface area contributed by atoms with E-state index in [1.807, 2.05) is 36.4 Å². The Kier molecular flexibility index (Phi) is 16.5. The zero-order valence-corrected chi connectivity index (χ0v) is 37.5. The van der Waals surface area contributed by atoms with E-state index in [9.17, 15) is 24.0 Å². The van der Waals surface area contributed by atoms with Crippen LogP contribution in [0.2, 0.25) is 0 Å². The number of carbonyl (C=O) groups is 5. The van der Waals surface area contributed by atoms with Crippen molar-refractivity contribution in [1.82, 2.24) is 25.8 Å². The van der Waals surface area contributed by atoms with Crippen molar-refractivity contribution < 1.29 is 28.7 Å². The molecule has 63 heavy (non-hydrogen) atoms. The predicted octanol–water partition coefficient (Wildman–Crippen LogP) is 7.77. The van der Waals surface area contributed by atoms with Gasteiger partial charge in [-0.2, -0.15) is 0 Å². The van der Waals surface area contributed by atoms with Gasteiger partial charge in [-0.25, -0.2) is 0 Å². The van der Waals surface area contributed by atoms with E-state index in [-0.39, 0.29) is 78.7 Å². The van der Waals surface area contributed by atoms with Crippen LogP contribution in [0.5, 0.6) is 0 Å². The number of nitrogens with zero attached hydrogens (tertiary/aromatic N) is 2. The highest BCUT2D eigenvalue weighted by molar-refractivity contribution is 5.99. The predicted molar refractivity (Wildman–Crippen MR) is 245 cm³/mol. The van der Waals surface area contributed by atoms with Gasteiger partial charge in [0.05, 0.1) is 24.0 Å². The molecule has 0 spiro atoms. The van der Waals surface area contributed by atoms with E-state index < -0.39 is 11.8 Å². The molecule has 0 unspecified atom stereocenters. The topological polar surface area (TPSA) is 137 Å². The van der Waals surface area contributed by atoms with Crippen LogP contribution >= 0.6 is 0 Å². The standard InChI is InChI=1S/C52H69N5O6/c1-3-4-5-6-7-8-9-10-11-12-13-20-25-48(58)53-46-34-57(35-47(46)63-2)52(62)39-28-26-38(27-29-39)51(61)56-32-42(49(59)54-44-30-40(44)36-21-16-14-17-22-36)43(33-56)50(60)55-45-31-41(45)37-23-18-15-19-24-37/h14-19,21-24,26-29,40-47H,3-13,20,25,30-35H2,1-2H3,(H,53,58)(H,54,59)(H,55,60)/t40-,41-,42-,43-,44+,45+,46+,47-/m1/s1. The molecule has 2 saturated heterocycles. The van der Waals surface area contributed by atoms with Gasteiger partial charge in [0.2, 0.25) is 17.7 Å². The Bertz CT molecular complexity index is 1900. The summed E-state index contributed by atoms with van der Waals surface area (Å²) < 4.78 is 5.70. The first-order valence-electron chi connectivity index (χ1n) is 24.0. The first-order chi connectivity index (χ1) is 30.7. The molecule has 7 rings (SSSR count). The Balaban J connectivity index is 0.886. The molecule has 338 valence electrons. The minimum absolute atomic E-state index is 0.00488. The summed E-state index contributed by atoms with van der Waals surface area (Å²) in [5.74, 6) is -1.83. The monoisotopic (exact) mass is 860 g/mol. The number of amides is 5. The Labute approximate surface area is 374 Å². The summed E-state index contributed by atoms with van der Waals surface area (Å²) in [6.07, 6.45) is 16.7. The fourth-order valence-electron chi connectivity index (χ4n) is 9.77. The molecular weight excluding hydrogens is 791 g/mol. The van der Waals surface area contributed by atoms with Crippen molar-refractivity contribution in [3.8, 4) is 0 Å². The number of benzene rings is 3. The van der Waals surface area contributed by atoms with Crippen LogP contribution in [0.3, 0.4) is 0 Å². The number of unbranched alkanes of at least 4 members (excludes halogenated alkanes) is 11. The zero-order valence-electron chi connectivity index (χ0n) is 37.5. The van der Waals surface area contributed by atoms with Crippen molar-refractivity contribution in [2.45, 2.75) is 139 Å². The van der Waals surface area contributed by atoms with E-state index in [1.54, 1.807) is 41.2 Å². The Hall–Kier alpha value is -5.03. The van der Waals surface area contributed by atoms with Crippen molar-refractivity contribution in [3.05, 3.63) is 107 Å². The molecule has 8 atom stereocenters. The zero-order chi connectivity index (χ0) is 44.1. The summed E-state index contributed by atoms with van der Waals surface area (Å²) >= 11 is 0. The number of methoxy groups -OCH3 is 1. The summed E-state index contributed by atoms with van der Waals surface area (Å²) in [6, 6.07) is 26.5. The van der Waals surface area contributed by atoms with E-state index in [4.69, 9.17) is 4.74 Å². The van der Waals surface area contributed by atoms with Gasteiger partial charge < -0.3 is 30.5 Å². The third-order valence-corrected chi connectivity index (χ3v) is 13.8. The molecule has 4 fully saturated rings. The maximum atomic E-state index is 14.0. The average Bonchev–Trinajstić information content (AvgIpc) is 4.16. The minimum atomic E-state index is -0.692. The normalized spacial score (nSPS) is 24.8. The highest BCUT2D eigenvalue weighted by atomic mass is 16.5. The Morgan fingerprint density at radius 1 is 0.524 bits per heavy atom. The highest BCUT2D eigenvalue weighted by Gasteiger charge is 2.49. The van der Waals surface area contributed by atoms with Crippen LogP contribution < -0.4 is 16.0 Å². The molecule has 0 radical (unpaired) electrons. The van der Waals surface area contributed by atoms with Gasteiger partial charge in [0.25, 0.3) is 11.8 Å². The number of ether oxygens (including phenoxy) is 1. The van der Waals surface area contributed by atoms with E-state index in [0.717, 1.165) is 32.1 Å². The van der Waals surface area contributed by atoms with Gasteiger partial charge in [-0.05, 0) is 54.7 Å². The van der Waals surface area contributed by atoms with Crippen LogP contribution in [-0.4, -0.2) is 96.9 Å². The van der Waals surface area contributed by atoms with Gasteiger partial charge in [-0.1, -0.05) is 138 Å². The number of hydrogen-bond donors (Lipinski definition) is 3. The Morgan fingerprint density at radius 2 is 0.952 bits per heavy atom. The fraction of sp³-hybridized carbons (Fsp3) is 0.558. The van der Waals surface area contributed by atoms with Crippen LogP contribution in [0.1, 0.15) is 147 Å². The molecule has 11 nitrogen and oxygen atoms in total. The molecule has 2 heterocycles. The average molecular weight is 860 g/mol. The second-order valence-corrected chi connectivity index (χ2v) is 18.5. The molecule has 3 aromatic carbocycles. The summed E-state index contributed by atoms with van der Waals surface area (Å²) in [4.78, 5) is 71.7. The third-order valence-electron chi connectivity index (χ3n) is 13.8. The molecule has 5 amide bonds. The summed E-state index contributed by atoms with van der Waals surface area (Å²) in [7, 11) is 1.60. The first-order valence-corrected chi connectivity index (χ1v) is 24.0. The minimum Gasteiger partial charge on any atom is -0.377 e. The molecule has 4 aliphatic rings. The lowest BCUT2D eigenvalue weighted by atomic mass is 9.94. The van der Waals surface area contributed by atoms with Crippen molar-refractivity contribution >= 4 is 29.5 Å². The van der Waals surface area contributed by atoms with Crippen LogP contribution in [0, 0.1) is 11.8 Å². The summed E-state index contributed by atoms with van der Waals surface area (Å²) in [6.45, 7) is 3.18. The molecule has 3 N–H and O–H groups in total. The molecule has 3 aromatic rings. The van der Waals surface area contributed by atoms with E-state index in [0.29, 0.717) is 30.6 Å². The number of likely N-dealkylation sites (tertiary alicyclic amines) is 2. The first kappa shape index (κ1) is 46.0. The van der Waals surface area contributed by atoms with Gasteiger partial charge in [0.15, 0.2) is 0 Å². The molecule has 11 heteroatoms. The van der Waals surface area contributed by atoms with E-state index in [2.05, 4.69) is 47.1 Å². The number of nitrogens with one attached hydrogen (secondary N) is 3. The van der Waals surface area contributed by atoms with Crippen molar-refractivity contribution in [2.75, 3.05) is 33.3 Å². The number of carbonyl (C=O) groups excluding carboxylic acids is 5. The van der Waals surface area contributed by atoms with Gasteiger partial charge in [-0.3, -0.25) is 24.0 Å². The molecule has 2 saturated carbocycles. The van der Waals surface area contributed by atoms with Crippen molar-refractivity contribution in [1.29, 1.82) is 0 Å². The Morgan fingerprint density at radius 3 is 1.40 bits per heavy atom. The maximum Gasteiger partial charge on any atom is 0.254 e. The van der Waals surface area contributed by atoms with Crippen LogP contribution in [0.4, 0.5) is 0 Å². The maximum absolute atomic E-state index is 14.0. The second kappa shape index (κ2) is 22.5. The molecule has 2 aliphatic carbocycles. The largest absolute Gasteiger partial charge is 0.377 e. The van der Waals surface area contributed by atoms with Gasteiger partial charge >= 0.3 is 0 Å². The molecule has 0 bridgehead atoms. The number of rotatable bonds is 23. The third kappa shape index (κ3) is 12.6. The van der Waals surface area contributed by atoms with Crippen LogP contribution in [-0.2, 0) is 19.1 Å². The summed E-state index contributed by atoms with van der Waals surface area (Å²) in [5, 5.41) is 9.50. The van der Waals surface area contributed by atoms with Gasteiger partial charge in [0, 0.05) is 74.8 Å². The lowest BCUT2D eigenvalue weighted by Gasteiger charge is -2.18. The van der Waals surface area contributed by atoms with Gasteiger partial charge in [0.1, 0.15) is 0 Å². The van der Waals surface area contributed by atoms with E-state index in [1.165, 1.54) is 68.9 Å². The van der Waals surface area contributed by atoms with E-state index >= 15 is 0 Å². The lowest BCUT2D eigenvalue weighted by Crippen LogP contribution is -2.43. The summed E-state index contributed by atoms with van der Waals surface area (Å²) in [5.41, 5.74) is 3.16. The smallest absolute Gasteiger partial charge is 0.254 e. The quantitative estimate of drug-likeness (QED) is 0.0835. The van der Waals surface area contributed by atoms with Crippen molar-refractivity contribution in [3.63, 3.8) is 0 Å². The SMILES string of the molecule is CCCCCCCCCCCCCCC(=O)N[C@H]1CN(C(=O)c2ccc(C(=O)N3C[C@@H](C(=O)N[C@H]4C[C@@H]4c4ccccc4)[C@H](C(=O)N[C@H]4C[C@@H]4c4ccccc4)C3)cc2)C[C@H]1OC. The second-order valence-electron chi connectivity index (χ2n) is 18.5. The molecule has 2 aliphatic heterocycles.